The quantitative estimate of drug-likeness (QED) is 0.514. The Hall–Kier alpha value is -2.50. The van der Waals surface area contributed by atoms with Crippen LogP contribution in [0.5, 0.6) is 0 Å². The van der Waals surface area contributed by atoms with Crippen molar-refractivity contribution in [2.75, 3.05) is 45.8 Å². The van der Waals surface area contributed by atoms with Crippen LogP contribution in [0.25, 0.3) is 0 Å². The van der Waals surface area contributed by atoms with Gasteiger partial charge in [0, 0.05) is 52.1 Å². The van der Waals surface area contributed by atoms with Crippen molar-refractivity contribution in [3.63, 3.8) is 0 Å². The van der Waals surface area contributed by atoms with E-state index in [1.165, 1.54) is 32.3 Å². The number of carbonyl (C=O) groups excluding carboxylic acids is 4. The molecule has 3 rings (SSSR count). The van der Waals surface area contributed by atoms with Crippen molar-refractivity contribution in [1.29, 1.82) is 0 Å². The van der Waals surface area contributed by atoms with Crippen LogP contribution < -0.4 is 0 Å². The lowest BCUT2D eigenvalue weighted by Gasteiger charge is -2.35. The fourth-order valence-electron chi connectivity index (χ4n) is 3.91. The van der Waals surface area contributed by atoms with Gasteiger partial charge in [-0.05, 0) is 18.2 Å². The standard InChI is InChI=1S/C21H27ClN4O6S/c1-3-25(4-2)33(31,32)15-5-6-17(22)16(13-15)21(30)24-11-9-23(10-12-24)20(29)14-26-18(27)7-8-19(26)28/h5-6,13H,3-4,7-12,14H2,1-2H3. The maximum atomic E-state index is 13.1. The van der Waals surface area contributed by atoms with Gasteiger partial charge in [0.2, 0.25) is 27.7 Å². The van der Waals surface area contributed by atoms with Gasteiger partial charge in [-0.15, -0.1) is 0 Å². The number of benzene rings is 1. The summed E-state index contributed by atoms with van der Waals surface area (Å²) < 4.78 is 26.9. The van der Waals surface area contributed by atoms with Gasteiger partial charge < -0.3 is 9.80 Å². The van der Waals surface area contributed by atoms with Crippen molar-refractivity contribution >= 4 is 45.3 Å². The molecule has 0 aliphatic carbocycles. The molecule has 33 heavy (non-hydrogen) atoms. The zero-order chi connectivity index (χ0) is 24.3. The number of hydrogen-bond donors (Lipinski definition) is 0. The number of amides is 4. The number of piperazine rings is 1. The minimum absolute atomic E-state index is 0.00675. The van der Waals surface area contributed by atoms with Crippen molar-refractivity contribution in [2.24, 2.45) is 0 Å². The van der Waals surface area contributed by atoms with Crippen LogP contribution in [0.3, 0.4) is 0 Å². The van der Waals surface area contributed by atoms with E-state index in [0.29, 0.717) is 13.1 Å². The molecule has 10 nitrogen and oxygen atoms in total. The van der Waals surface area contributed by atoms with E-state index in [0.717, 1.165) is 4.90 Å². The first kappa shape index (κ1) is 25.1. The summed E-state index contributed by atoms with van der Waals surface area (Å²) in [5.74, 6) is -1.47. The molecule has 2 aliphatic heterocycles. The van der Waals surface area contributed by atoms with Crippen LogP contribution in [-0.4, -0.2) is 96.9 Å². The van der Waals surface area contributed by atoms with Crippen LogP contribution in [0.4, 0.5) is 0 Å². The molecular weight excluding hydrogens is 472 g/mol. The Morgan fingerprint density at radius 2 is 1.52 bits per heavy atom. The summed E-state index contributed by atoms with van der Waals surface area (Å²) in [5, 5.41) is 0.142. The number of hydrogen-bond acceptors (Lipinski definition) is 6. The van der Waals surface area contributed by atoms with Gasteiger partial charge in [0.15, 0.2) is 0 Å². The molecule has 0 saturated carbocycles. The summed E-state index contributed by atoms with van der Waals surface area (Å²) >= 11 is 6.22. The number of likely N-dealkylation sites (tertiary alicyclic amines) is 1. The molecule has 4 amide bonds. The molecule has 0 atom stereocenters. The molecule has 0 N–H and O–H groups in total. The second-order valence-electron chi connectivity index (χ2n) is 7.78. The lowest BCUT2D eigenvalue weighted by Crippen LogP contribution is -2.53. The summed E-state index contributed by atoms with van der Waals surface area (Å²) in [6.45, 7) is 4.68. The van der Waals surface area contributed by atoms with Crippen LogP contribution in [0.15, 0.2) is 23.1 Å². The average molecular weight is 499 g/mol. The van der Waals surface area contributed by atoms with Gasteiger partial charge in [-0.1, -0.05) is 25.4 Å². The van der Waals surface area contributed by atoms with Crippen molar-refractivity contribution in [1.82, 2.24) is 19.0 Å². The monoisotopic (exact) mass is 498 g/mol. The van der Waals surface area contributed by atoms with Crippen molar-refractivity contribution in [3.8, 4) is 0 Å². The van der Waals surface area contributed by atoms with Crippen LogP contribution in [0.1, 0.15) is 37.0 Å². The molecule has 180 valence electrons. The van der Waals surface area contributed by atoms with E-state index in [1.807, 2.05) is 0 Å². The molecule has 1 aromatic carbocycles. The van der Waals surface area contributed by atoms with Crippen LogP contribution >= 0.6 is 11.6 Å². The molecule has 2 saturated heterocycles. The van der Waals surface area contributed by atoms with E-state index >= 15 is 0 Å². The molecule has 2 fully saturated rings. The second-order valence-corrected chi connectivity index (χ2v) is 10.1. The summed E-state index contributed by atoms with van der Waals surface area (Å²) in [4.78, 5) is 53.0. The van der Waals surface area contributed by atoms with E-state index in [2.05, 4.69) is 0 Å². The highest BCUT2D eigenvalue weighted by molar-refractivity contribution is 7.89. The van der Waals surface area contributed by atoms with Crippen LogP contribution in [0.2, 0.25) is 5.02 Å². The first-order valence-corrected chi connectivity index (χ1v) is 12.6. The van der Waals surface area contributed by atoms with Gasteiger partial charge in [-0.25, -0.2) is 8.42 Å². The van der Waals surface area contributed by atoms with E-state index in [1.54, 1.807) is 13.8 Å². The average Bonchev–Trinajstić information content (AvgIpc) is 3.11. The minimum atomic E-state index is -3.75. The lowest BCUT2D eigenvalue weighted by molar-refractivity contribution is -0.146. The molecule has 0 aromatic heterocycles. The largest absolute Gasteiger partial charge is 0.338 e. The number of halogens is 1. The second kappa shape index (κ2) is 10.2. The molecule has 1 aromatic rings. The summed E-state index contributed by atoms with van der Waals surface area (Å²) in [6.07, 6.45) is 0.246. The summed E-state index contributed by atoms with van der Waals surface area (Å²) in [5.41, 5.74) is 0.0814. The Bertz CT molecular complexity index is 1050. The third-order valence-electron chi connectivity index (χ3n) is 5.88. The predicted octanol–water partition coefficient (Wildman–Crippen LogP) is 0.804. The fourth-order valence-corrected chi connectivity index (χ4v) is 5.59. The number of nitrogens with zero attached hydrogens (tertiary/aromatic N) is 4. The highest BCUT2D eigenvalue weighted by Gasteiger charge is 2.33. The van der Waals surface area contributed by atoms with Crippen molar-refractivity contribution in [3.05, 3.63) is 28.8 Å². The maximum absolute atomic E-state index is 13.1. The van der Waals surface area contributed by atoms with Gasteiger partial charge in [-0.2, -0.15) is 4.31 Å². The van der Waals surface area contributed by atoms with E-state index in [4.69, 9.17) is 11.6 Å². The van der Waals surface area contributed by atoms with Gasteiger partial charge in [0.1, 0.15) is 6.54 Å². The summed E-state index contributed by atoms with van der Waals surface area (Å²) in [7, 11) is -3.75. The number of rotatable bonds is 7. The predicted molar refractivity (Wildman–Crippen MR) is 120 cm³/mol. The third kappa shape index (κ3) is 5.20. The van der Waals surface area contributed by atoms with Crippen molar-refractivity contribution in [2.45, 2.75) is 31.6 Å². The van der Waals surface area contributed by atoms with Gasteiger partial charge >= 0.3 is 0 Å². The fraction of sp³-hybridized carbons (Fsp3) is 0.524. The van der Waals surface area contributed by atoms with Crippen LogP contribution in [-0.2, 0) is 24.4 Å². The Morgan fingerprint density at radius 3 is 2.06 bits per heavy atom. The van der Waals surface area contributed by atoms with Gasteiger partial charge in [0.25, 0.3) is 5.91 Å². The molecule has 0 spiro atoms. The zero-order valence-corrected chi connectivity index (χ0v) is 20.2. The minimum Gasteiger partial charge on any atom is -0.338 e. The molecular formula is C21H27ClN4O6S. The van der Waals surface area contributed by atoms with Gasteiger partial charge in [-0.3, -0.25) is 24.1 Å². The SMILES string of the molecule is CCN(CC)S(=O)(=O)c1ccc(Cl)c(C(=O)N2CCN(C(=O)CN3C(=O)CCC3=O)CC2)c1. The van der Waals surface area contributed by atoms with Gasteiger partial charge in [0.05, 0.1) is 15.5 Å². The first-order valence-electron chi connectivity index (χ1n) is 10.8. The lowest BCUT2D eigenvalue weighted by atomic mass is 10.1. The Labute approximate surface area is 198 Å². The Kier molecular flexibility index (Phi) is 7.76. The normalized spacial score (nSPS) is 17.3. The Balaban J connectivity index is 1.68. The molecule has 0 unspecified atom stereocenters. The summed E-state index contributed by atoms with van der Waals surface area (Å²) in [6, 6.07) is 4.07. The highest BCUT2D eigenvalue weighted by atomic mass is 35.5. The number of sulfonamides is 1. The van der Waals surface area contributed by atoms with E-state index in [-0.39, 0.29) is 78.8 Å². The number of carbonyl (C=O) groups is 4. The van der Waals surface area contributed by atoms with E-state index in [9.17, 15) is 27.6 Å². The van der Waals surface area contributed by atoms with E-state index < -0.39 is 15.9 Å². The van der Waals surface area contributed by atoms with Crippen molar-refractivity contribution < 1.29 is 27.6 Å². The Morgan fingerprint density at radius 1 is 0.970 bits per heavy atom. The molecule has 0 radical (unpaired) electrons. The highest BCUT2D eigenvalue weighted by Crippen LogP contribution is 2.25. The smallest absolute Gasteiger partial charge is 0.255 e. The number of imide groups is 1. The third-order valence-corrected chi connectivity index (χ3v) is 8.25. The first-order chi connectivity index (χ1) is 15.6. The molecule has 2 heterocycles. The molecule has 0 bridgehead atoms. The van der Waals surface area contributed by atoms with Crippen LogP contribution in [0, 0.1) is 0 Å². The maximum Gasteiger partial charge on any atom is 0.255 e. The topological polar surface area (TPSA) is 115 Å². The zero-order valence-electron chi connectivity index (χ0n) is 18.6. The molecule has 12 heteroatoms. The molecule has 2 aliphatic rings.